The summed E-state index contributed by atoms with van der Waals surface area (Å²) in [4.78, 5) is 0. The van der Waals surface area contributed by atoms with Gasteiger partial charge >= 0.3 is 0 Å². The Bertz CT molecular complexity index is 367. The zero-order valence-corrected chi connectivity index (χ0v) is 10.2. The second-order valence-electron chi connectivity index (χ2n) is 3.68. The van der Waals surface area contributed by atoms with Crippen molar-refractivity contribution >= 4 is 23.2 Å². The van der Waals surface area contributed by atoms with Gasteiger partial charge in [-0.2, -0.15) is 0 Å². The van der Waals surface area contributed by atoms with Crippen LogP contribution in [0.5, 0.6) is 0 Å². The van der Waals surface area contributed by atoms with Crippen LogP contribution in [0.1, 0.15) is 11.6 Å². The Morgan fingerprint density at radius 1 is 1.25 bits per heavy atom. The van der Waals surface area contributed by atoms with Crippen LogP contribution in [0.25, 0.3) is 0 Å². The van der Waals surface area contributed by atoms with E-state index in [0.717, 1.165) is 5.56 Å². The van der Waals surface area contributed by atoms with Crippen molar-refractivity contribution in [1.29, 1.82) is 0 Å². The van der Waals surface area contributed by atoms with Gasteiger partial charge in [0.2, 0.25) is 0 Å². The first-order chi connectivity index (χ1) is 7.68. The van der Waals surface area contributed by atoms with Crippen LogP contribution in [0.15, 0.2) is 18.2 Å². The summed E-state index contributed by atoms with van der Waals surface area (Å²) in [5, 5.41) is 1.03. The lowest BCUT2D eigenvalue weighted by atomic mass is 10.0. The second-order valence-corrected chi connectivity index (χ2v) is 4.50. The molecule has 1 aliphatic rings. The molecule has 1 aliphatic heterocycles. The summed E-state index contributed by atoms with van der Waals surface area (Å²) in [7, 11) is 0. The van der Waals surface area contributed by atoms with E-state index < -0.39 is 0 Å². The highest BCUT2D eigenvalue weighted by Crippen LogP contribution is 2.27. The van der Waals surface area contributed by atoms with Gasteiger partial charge in [-0.25, -0.2) is 0 Å². The van der Waals surface area contributed by atoms with E-state index in [1.165, 1.54) is 0 Å². The van der Waals surface area contributed by atoms with E-state index in [1.807, 2.05) is 6.07 Å². The van der Waals surface area contributed by atoms with Crippen molar-refractivity contribution in [1.82, 2.24) is 0 Å². The fraction of sp³-hybridized carbons (Fsp3) is 0.455. The Morgan fingerprint density at radius 2 is 2.06 bits per heavy atom. The van der Waals surface area contributed by atoms with Gasteiger partial charge in [0.25, 0.3) is 0 Å². The van der Waals surface area contributed by atoms with Crippen LogP contribution in [0.2, 0.25) is 10.0 Å². The third-order valence-electron chi connectivity index (χ3n) is 2.57. The SMILES string of the molecule is NC(c1ccc(Cl)c(Cl)c1)C1COCCO1. The third-order valence-corrected chi connectivity index (χ3v) is 3.31. The number of benzene rings is 1. The second kappa shape index (κ2) is 5.34. The van der Waals surface area contributed by atoms with Crippen LogP contribution in [0.4, 0.5) is 0 Å². The summed E-state index contributed by atoms with van der Waals surface area (Å²) < 4.78 is 10.9. The first-order valence-corrected chi connectivity index (χ1v) is 5.84. The van der Waals surface area contributed by atoms with Crippen molar-refractivity contribution in [3.63, 3.8) is 0 Å². The minimum Gasteiger partial charge on any atom is -0.376 e. The number of nitrogens with two attached hydrogens (primary N) is 1. The highest BCUT2D eigenvalue weighted by molar-refractivity contribution is 6.42. The van der Waals surface area contributed by atoms with E-state index in [2.05, 4.69) is 0 Å². The van der Waals surface area contributed by atoms with Crippen LogP contribution in [0, 0.1) is 0 Å². The molecule has 2 atom stereocenters. The molecule has 0 bridgehead atoms. The van der Waals surface area contributed by atoms with E-state index >= 15 is 0 Å². The average Bonchev–Trinajstić information content (AvgIpc) is 2.33. The molecule has 1 saturated heterocycles. The topological polar surface area (TPSA) is 44.5 Å². The van der Waals surface area contributed by atoms with Gasteiger partial charge in [-0.15, -0.1) is 0 Å². The first kappa shape index (κ1) is 12.1. The molecule has 0 aliphatic carbocycles. The third kappa shape index (κ3) is 2.67. The Labute approximate surface area is 104 Å². The van der Waals surface area contributed by atoms with Crippen LogP contribution >= 0.6 is 23.2 Å². The molecule has 0 amide bonds. The lowest BCUT2D eigenvalue weighted by Crippen LogP contribution is -2.37. The normalized spacial score (nSPS) is 23.1. The molecule has 2 N–H and O–H groups in total. The predicted molar refractivity (Wildman–Crippen MR) is 63.9 cm³/mol. The molecule has 0 aromatic heterocycles. The summed E-state index contributed by atoms with van der Waals surface area (Å²) in [5.41, 5.74) is 6.99. The van der Waals surface area contributed by atoms with Crippen molar-refractivity contribution in [2.45, 2.75) is 12.1 Å². The minimum absolute atomic E-state index is 0.119. The van der Waals surface area contributed by atoms with Crippen molar-refractivity contribution in [2.75, 3.05) is 19.8 Å². The highest BCUT2D eigenvalue weighted by atomic mass is 35.5. The van der Waals surface area contributed by atoms with Crippen LogP contribution in [-0.4, -0.2) is 25.9 Å². The Kier molecular flexibility index (Phi) is 4.05. The van der Waals surface area contributed by atoms with Crippen molar-refractivity contribution in [2.24, 2.45) is 5.73 Å². The van der Waals surface area contributed by atoms with E-state index in [9.17, 15) is 0 Å². The molecule has 0 spiro atoms. The van der Waals surface area contributed by atoms with Gasteiger partial charge in [0.05, 0.1) is 35.9 Å². The molecule has 0 radical (unpaired) electrons. The summed E-state index contributed by atoms with van der Waals surface area (Å²) in [5.74, 6) is 0. The average molecular weight is 262 g/mol. The molecular formula is C11H13Cl2NO2. The minimum atomic E-state index is -0.241. The molecule has 88 valence electrons. The maximum Gasteiger partial charge on any atom is 0.100 e. The van der Waals surface area contributed by atoms with Gasteiger partial charge in [0.15, 0.2) is 0 Å². The predicted octanol–water partition coefficient (Wildman–Crippen LogP) is 2.41. The van der Waals surface area contributed by atoms with Crippen LogP contribution < -0.4 is 5.73 Å². The van der Waals surface area contributed by atoms with Crippen LogP contribution in [-0.2, 0) is 9.47 Å². The smallest absolute Gasteiger partial charge is 0.100 e. The Balaban J connectivity index is 2.12. The fourth-order valence-corrected chi connectivity index (χ4v) is 1.95. The summed E-state index contributed by atoms with van der Waals surface area (Å²) in [6, 6.07) is 5.13. The maximum absolute atomic E-state index is 6.08. The monoisotopic (exact) mass is 261 g/mol. The van der Waals surface area contributed by atoms with E-state index in [4.69, 9.17) is 38.4 Å². The van der Waals surface area contributed by atoms with Crippen molar-refractivity contribution in [3.8, 4) is 0 Å². The fourth-order valence-electron chi connectivity index (χ4n) is 1.65. The van der Waals surface area contributed by atoms with Gasteiger partial charge in [-0.3, -0.25) is 0 Å². The van der Waals surface area contributed by atoms with Gasteiger partial charge < -0.3 is 15.2 Å². The molecule has 16 heavy (non-hydrogen) atoms. The lowest BCUT2D eigenvalue weighted by molar-refractivity contribution is -0.0975. The molecule has 3 nitrogen and oxygen atoms in total. The molecule has 2 rings (SSSR count). The molecule has 5 heteroatoms. The quantitative estimate of drug-likeness (QED) is 0.890. The highest BCUT2D eigenvalue weighted by Gasteiger charge is 2.23. The van der Waals surface area contributed by atoms with Gasteiger partial charge in [-0.1, -0.05) is 29.3 Å². The van der Waals surface area contributed by atoms with E-state index in [1.54, 1.807) is 12.1 Å². The molecule has 1 fully saturated rings. The molecule has 1 heterocycles. The maximum atomic E-state index is 6.08. The Hall–Kier alpha value is -0.320. The Morgan fingerprint density at radius 3 is 2.69 bits per heavy atom. The van der Waals surface area contributed by atoms with Gasteiger partial charge in [0, 0.05) is 0 Å². The zero-order valence-electron chi connectivity index (χ0n) is 8.66. The summed E-state index contributed by atoms with van der Waals surface area (Å²) >= 11 is 11.8. The van der Waals surface area contributed by atoms with Crippen molar-refractivity contribution in [3.05, 3.63) is 33.8 Å². The van der Waals surface area contributed by atoms with Crippen LogP contribution in [0.3, 0.4) is 0 Å². The standard InChI is InChI=1S/C11H13Cl2NO2/c12-8-2-1-7(5-9(8)13)11(14)10-6-15-3-4-16-10/h1-2,5,10-11H,3-4,6,14H2. The largest absolute Gasteiger partial charge is 0.376 e. The first-order valence-electron chi connectivity index (χ1n) is 5.08. The summed E-state index contributed by atoms with van der Waals surface area (Å²) in [6.45, 7) is 1.73. The lowest BCUT2D eigenvalue weighted by Gasteiger charge is -2.28. The van der Waals surface area contributed by atoms with E-state index in [-0.39, 0.29) is 12.1 Å². The summed E-state index contributed by atoms with van der Waals surface area (Å²) in [6.07, 6.45) is -0.119. The molecule has 1 aromatic carbocycles. The van der Waals surface area contributed by atoms with Crippen molar-refractivity contribution < 1.29 is 9.47 Å². The number of ether oxygens (including phenoxy) is 2. The molecule has 0 saturated carbocycles. The number of rotatable bonds is 2. The number of hydrogen-bond donors (Lipinski definition) is 1. The zero-order chi connectivity index (χ0) is 11.5. The van der Waals surface area contributed by atoms with Gasteiger partial charge in [0.1, 0.15) is 6.10 Å². The number of halogens is 2. The molecule has 2 unspecified atom stereocenters. The molecular weight excluding hydrogens is 249 g/mol. The number of hydrogen-bond acceptors (Lipinski definition) is 3. The van der Waals surface area contributed by atoms with E-state index in [0.29, 0.717) is 29.9 Å². The molecule has 1 aromatic rings. The van der Waals surface area contributed by atoms with Gasteiger partial charge in [-0.05, 0) is 17.7 Å².